The fraction of sp³-hybridized carbons (Fsp3) is 0.321. The number of carbonyl (C=O) groups is 1. The molecule has 2 aliphatic heterocycles. The number of rotatable bonds is 5. The minimum Gasteiger partial charge on any atom is -0.496 e. The van der Waals surface area contributed by atoms with Crippen LogP contribution in [0.25, 0.3) is 0 Å². The number of aliphatic hydroxyl groups excluding tert-OH is 1. The van der Waals surface area contributed by atoms with E-state index in [1.165, 1.54) is 21.3 Å². The Kier molecular flexibility index (Phi) is 5.25. The maximum atomic E-state index is 13.3. The highest BCUT2D eigenvalue weighted by Crippen LogP contribution is 2.70. The smallest absolute Gasteiger partial charge is 0.312 e. The first-order valence-corrected chi connectivity index (χ1v) is 11.8. The largest absolute Gasteiger partial charge is 0.496 e. The van der Waals surface area contributed by atoms with Gasteiger partial charge in [-0.15, -0.1) is 0 Å². The molecule has 3 aliphatic rings. The molecule has 192 valence electrons. The molecule has 0 bridgehead atoms. The molecule has 3 aromatic rings. The van der Waals surface area contributed by atoms with E-state index in [4.69, 9.17) is 28.4 Å². The van der Waals surface area contributed by atoms with Gasteiger partial charge in [-0.05, 0) is 17.7 Å². The van der Waals surface area contributed by atoms with Crippen LogP contribution in [0.1, 0.15) is 22.6 Å². The van der Waals surface area contributed by atoms with E-state index in [1.54, 1.807) is 30.3 Å². The summed E-state index contributed by atoms with van der Waals surface area (Å²) >= 11 is 0. The summed E-state index contributed by atoms with van der Waals surface area (Å²) in [6, 6.07) is 17.6. The van der Waals surface area contributed by atoms with E-state index in [1.807, 2.05) is 30.3 Å². The van der Waals surface area contributed by atoms with Crippen LogP contribution in [0.15, 0.2) is 60.7 Å². The Bertz CT molecular complexity index is 1370. The van der Waals surface area contributed by atoms with Gasteiger partial charge in [-0.3, -0.25) is 4.79 Å². The zero-order chi connectivity index (χ0) is 25.9. The molecule has 0 amide bonds. The van der Waals surface area contributed by atoms with Crippen molar-refractivity contribution in [1.82, 2.24) is 0 Å². The molecule has 1 saturated carbocycles. The third-order valence-electron chi connectivity index (χ3n) is 7.71. The number of carbonyl (C=O) groups excluding carboxylic acids is 1. The van der Waals surface area contributed by atoms with Crippen LogP contribution in [-0.4, -0.2) is 50.4 Å². The Morgan fingerprint density at radius 1 is 0.946 bits per heavy atom. The molecule has 0 spiro atoms. The molecule has 2 heterocycles. The molecule has 1 aliphatic carbocycles. The Labute approximate surface area is 213 Å². The number of hydrogen-bond donors (Lipinski definition) is 2. The van der Waals surface area contributed by atoms with Gasteiger partial charge in [0.1, 0.15) is 23.4 Å². The second-order valence-electron chi connectivity index (χ2n) is 9.26. The number of fused-ring (bicyclic) bond motifs is 4. The van der Waals surface area contributed by atoms with Crippen LogP contribution in [-0.2, 0) is 20.7 Å². The van der Waals surface area contributed by atoms with Crippen molar-refractivity contribution in [1.29, 1.82) is 0 Å². The highest BCUT2D eigenvalue weighted by Gasteiger charge is 2.78. The molecule has 37 heavy (non-hydrogen) atoms. The van der Waals surface area contributed by atoms with Crippen LogP contribution in [0.4, 0.5) is 0 Å². The van der Waals surface area contributed by atoms with Crippen molar-refractivity contribution in [2.45, 2.75) is 23.2 Å². The fourth-order valence-corrected chi connectivity index (χ4v) is 6.19. The normalized spacial score (nSPS) is 28.7. The summed E-state index contributed by atoms with van der Waals surface area (Å²) in [4.78, 5) is 13.3. The summed E-state index contributed by atoms with van der Waals surface area (Å²) in [5, 5.41) is 24.6. The molecule has 9 nitrogen and oxygen atoms in total. The first kappa shape index (κ1) is 23.4. The van der Waals surface area contributed by atoms with Gasteiger partial charge in [0.15, 0.2) is 22.7 Å². The van der Waals surface area contributed by atoms with E-state index in [0.29, 0.717) is 28.4 Å². The average molecular weight is 507 g/mol. The standard InChI is InChI=1S/C28H26O9/c1-32-17-12-20(33-2)24-21(13-17)37-28(16-9-10-18-19(11-16)36-14-35-18)23(15-7-5-4-6-8-15)22(26(30)34-3)25(29)27(24,28)31/h4-13,22-23,25,29,31H,14H2,1-3H3/t22-,23-,25-,27+,28+/m1/s1. The summed E-state index contributed by atoms with van der Waals surface area (Å²) in [6.07, 6.45) is -1.63. The highest BCUT2D eigenvalue weighted by molar-refractivity contribution is 5.78. The lowest BCUT2D eigenvalue weighted by Crippen LogP contribution is -2.52. The number of benzene rings is 3. The van der Waals surface area contributed by atoms with Crippen LogP contribution in [0.3, 0.4) is 0 Å². The van der Waals surface area contributed by atoms with Gasteiger partial charge >= 0.3 is 5.97 Å². The quantitative estimate of drug-likeness (QED) is 0.505. The zero-order valence-electron chi connectivity index (χ0n) is 20.5. The minimum absolute atomic E-state index is 0.0533. The van der Waals surface area contributed by atoms with Gasteiger partial charge < -0.3 is 38.6 Å². The third kappa shape index (κ3) is 2.95. The minimum atomic E-state index is -2.13. The molecule has 0 unspecified atom stereocenters. The van der Waals surface area contributed by atoms with E-state index in [0.717, 1.165) is 0 Å². The van der Waals surface area contributed by atoms with Gasteiger partial charge in [-0.1, -0.05) is 36.4 Å². The van der Waals surface area contributed by atoms with E-state index in [9.17, 15) is 15.0 Å². The second kappa shape index (κ2) is 8.29. The summed E-state index contributed by atoms with van der Waals surface area (Å²) < 4.78 is 34.1. The molecule has 5 atom stereocenters. The van der Waals surface area contributed by atoms with Gasteiger partial charge in [0, 0.05) is 23.6 Å². The van der Waals surface area contributed by atoms with Gasteiger partial charge in [0.05, 0.1) is 32.8 Å². The van der Waals surface area contributed by atoms with Gasteiger partial charge in [-0.25, -0.2) is 0 Å². The molecule has 0 saturated heterocycles. The zero-order valence-corrected chi connectivity index (χ0v) is 20.5. The Morgan fingerprint density at radius 3 is 2.41 bits per heavy atom. The molecular formula is C28H26O9. The predicted molar refractivity (Wildman–Crippen MR) is 129 cm³/mol. The molecule has 2 N–H and O–H groups in total. The monoisotopic (exact) mass is 506 g/mol. The lowest BCUT2D eigenvalue weighted by Gasteiger charge is -2.40. The number of aliphatic hydroxyl groups is 2. The van der Waals surface area contributed by atoms with E-state index >= 15 is 0 Å². The van der Waals surface area contributed by atoms with Crippen molar-refractivity contribution in [2.75, 3.05) is 28.1 Å². The van der Waals surface area contributed by atoms with Gasteiger partial charge in [-0.2, -0.15) is 0 Å². The van der Waals surface area contributed by atoms with Crippen molar-refractivity contribution in [3.05, 3.63) is 77.4 Å². The van der Waals surface area contributed by atoms with Crippen LogP contribution < -0.4 is 23.7 Å². The van der Waals surface area contributed by atoms with Crippen LogP contribution in [0.5, 0.6) is 28.7 Å². The Hall–Kier alpha value is -3.95. The average Bonchev–Trinajstić information content (AvgIpc) is 3.56. The number of ether oxygens (including phenoxy) is 6. The summed E-state index contributed by atoms with van der Waals surface area (Å²) in [5.41, 5.74) is -2.45. The van der Waals surface area contributed by atoms with Gasteiger partial charge in [0.25, 0.3) is 0 Å². The van der Waals surface area contributed by atoms with Crippen molar-refractivity contribution in [2.24, 2.45) is 5.92 Å². The number of methoxy groups -OCH3 is 3. The Morgan fingerprint density at radius 2 is 1.70 bits per heavy atom. The SMILES string of the molecule is COC(=O)[C@H]1[C@@H](O)[C@@]2(O)c3c(OC)cc(OC)cc3O[C@@]2(c2ccc3c(c2)OCO3)[C@@H]1c1ccccc1. The molecule has 1 fully saturated rings. The van der Waals surface area contributed by atoms with E-state index in [2.05, 4.69) is 0 Å². The molecule has 3 aromatic carbocycles. The maximum absolute atomic E-state index is 13.3. The molecule has 0 radical (unpaired) electrons. The topological polar surface area (TPSA) is 113 Å². The van der Waals surface area contributed by atoms with E-state index in [-0.39, 0.29) is 23.9 Å². The van der Waals surface area contributed by atoms with Crippen LogP contribution >= 0.6 is 0 Å². The van der Waals surface area contributed by atoms with Crippen molar-refractivity contribution in [3.8, 4) is 28.7 Å². The molecule has 0 aromatic heterocycles. The molecular weight excluding hydrogens is 480 g/mol. The summed E-state index contributed by atoms with van der Waals surface area (Å²) in [5.74, 6) is -0.779. The maximum Gasteiger partial charge on any atom is 0.312 e. The molecule has 9 heteroatoms. The van der Waals surface area contributed by atoms with Crippen LogP contribution in [0, 0.1) is 5.92 Å². The van der Waals surface area contributed by atoms with E-state index < -0.39 is 35.1 Å². The summed E-state index contributed by atoms with van der Waals surface area (Å²) in [6.45, 7) is 0.0533. The second-order valence-corrected chi connectivity index (χ2v) is 9.26. The highest BCUT2D eigenvalue weighted by atomic mass is 16.7. The van der Waals surface area contributed by atoms with Crippen molar-refractivity contribution >= 4 is 5.97 Å². The number of hydrogen-bond acceptors (Lipinski definition) is 9. The Balaban J connectivity index is 1.71. The number of esters is 1. The van der Waals surface area contributed by atoms with Gasteiger partial charge in [0.2, 0.25) is 6.79 Å². The van der Waals surface area contributed by atoms with Crippen LogP contribution in [0.2, 0.25) is 0 Å². The first-order chi connectivity index (χ1) is 17.9. The lowest BCUT2D eigenvalue weighted by atomic mass is 9.70. The molecule has 6 rings (SSSR count). The predicted octanol–water partition coefficient (Wildman–Crippen LogP) is 2.86. The van der Waals surface area contributed by atoms with Crippen molar-refractivity contribution < 1.29 is 43.4 Å². The first-order valence-electron chi connectivity index (χ1n) is 11.8. The third-order valence-corrected chi connectivity index (χ3v) is 7.71. The van der Waals surface area contributed by atoms with Crippen molar-refractivity contribution in [3.63, 3.8) is 0 Å². The fourth-order valence-electron chi connectivity index (χ4n) is 6.19. The lowest BCUT2D eigenvalue weighted by molar-refractivity contribution is -0.161. The summed E-state index contributed by atoms with van der Waals surface area (Å²) in [7, 11) is 4.21.